The van der Waals surface area contributed by atoms with Gasteiger partial charge in [-0.15, -0.1) is 0 Å². The third-order valence-corrected chi connectivity index (χ3v) is 2.66. The molecular formula is C14H22FN. The first-order valence-corrected chi connectivity index (χ1v) is 6.05. The van der Waals surface area contributed by atoms with E-state index in [-0.39, 0.29) is 5.82 Å². The van der Waals surface area contributed by atoms with Crippen LogP contribution in [0.4, 0.5) is 4.39 Å². The molecule has 0 aliphatic carbocycles. The van der Waals surface area contributed by atoms with Gasteiger partial charge in [0, 0.05) is 0 Å². The van der Waals surface area contributed by atoms with Gasteiger partial charge in [-0.1, -0.05) is 19.9 Å². The van der Waals surface area contributed by atoms with Gasteiger partial charge in [0.15, 0.2) is 0 Å². The maximum absolute atomic E-state index is 13.0. The number of hydrogen-bond donors (Lipinski definition) is 1. The van der Waals surface area contributed by atoms with Crippen molar-refractivity contribution in [2.45, 2.75) is 33.6 Å². The fourth-order valence-electron chi connectivity index (χ4n) is 1.70. The van der Waals surface area contributed by atoms with E-state index in [2.05, 4.69) is 19.2 Å². The highest BCUT2D eigenvalue weighted by Crippen LogP contribution is 2.11. The molecule has 0 saturated heterocycles. The van der Waals surface area contributed by atoms with Gasteiger partial charge in [-0.2, -0.15) is 0 Å². The van der Waals surface area contributed by atoms with Crippen LogP contribution >= 0.6 is 0 Å². The van der Waals surface area contributed by atoms with Crippen LogP contribution in [0.5, 0.6) is 0 Å². The molecule has 90 valence electrons. The highest BCUT2D eigenvalue weighted by atomic mass is 19.1. The zero-order chi connectivity index (χ0) is 12.0. The van der Waals surface area contributed by atoms with Gasteiger partial charge in [0.2, 0.25) is 0 Å². The molecule has 0 saturated carbocycles. The summed E-state index contributed by atoms with van der Waals surface area (Å²) in [5, 5.41) is 3.40. The summed E-state index contributed by atoms with van der Waals surface area (Å²) in [4.78, 5) is 0. The molecular weight excluding hydrogens is 201 g/mol. The van der Waals surface area contributed by atoms with E-state index in [1.54, 1.807) is 6.07 Å². The molecule has 0 spiro atoms. The average molecular weight is 223 g/mol. The lowest BCUT2D eigenvalue weighted by Gasteiger charge is -2.08. The van der Waals surface area contributed by atoms with Crippen molar-refractivity contribution in [3.05, 3.63) is 35.1 Å². The van der Waals surface area contributed by atoms with Gasteiger partial charge in [-0.05, 0) is 62.0 Å². The molecule has 0 atom stereocenters. The molecule has 1 aromatic rings. The highest BCUT2D eigenvalue weighted by Gasteiger charge is 2.00. The third-order valence-electron chi connectivity index (χ3n) is 2.66. The quantitative estimate of drug-likeness (QED) is 0.730. The first-order chi connectivity index (χ1) is 7.59. The Morgan fingerprint density at radius 3 is 2.75 bits per heavy atom. The molecule has 2 heteroatoms. The van der Waals surface area contributed by atoms with Crippen molar-refractivity contribution in [2.24, 2.45) is 5.92 Å². The predicted molar refractivity (Wildman–Crippen MR) is 67.2 cm³/mol. The Kier molecular flexibility index (Phi) is 5.47. The topological polar surface area (TPSA) is 12.0 Å². The van der Waals surface area contributed by atoms with Crippen LogP contribution in [0.15, 0.2) is 18.2 Å². The van der Waals surface area contributed by atoms with E-state index in [1.807, 2.05) is 13.0 Å². The fraction of sp³-hybridized carbons (Fsp3) is 0.571. The minimum atomic E-state index is -0.129. The number of halogens is 1. The summed E-state index contributed by atoms with van der Waals surface area (Å²) in [7, 11) is 0. The number of aryl methyl sites for hydroxylation is 2. The molecule has 16 heavy (non-hydrogen) atoms. The van der Waals surface area contributed by atoms with Gasteiger partial charge in [-0.3, -0.25) is 0 Å². The van der Waals surface area contributed by atoms with E-state index in [0.717, 1.165) is 31.5 Å². The molecule has 0 aromatic heterocycles. The second kappa shape index (κ2) is 6.64. The largest absolute Gasteiger partial charge is 0.316 e. The second-order valence-electron chi connectivity index (χ2n) is 4.77. The van der Waals surface area contributed by atoms with Crippen molar-refractivity contribution in [1.29, 1.82) is 0 Å². The van der Waals surface area contributed by atoms with Crippen LogP contribution < -0.4 is 5.32 Å². The van der Waals surface area contributed by atoms with Crippen LogP contribution in [0, 0.1) is 18.7 Å². The molecule has 1 aromatic carbocycles. The van der Waals surface area contributed by atoms with Crippen molar-refractivity contribution in [3.8, 4) is 0 Å². The zero-order valence-corrected chi connectivity index (χ0v) is 10.5. The van der Waals surface area contributed by atoms with Gasteiger partial charge in [0.05, 0.1) is 0 Å². The van der Waals surface area contributed by atoms with Crippen molar-refractivity contribution in [1.82, 2.24) is 5.32 Å². The minimum Gasteiger partial charge on any atom is -0.316 e. The van der Waals surface area contributed by atoms with Crippen molar-refractivity contribution < 1.29 is 4.39 Å². The monoisotopic (exact) mass is 223 g/mol. The third kappa shape index (κ3) is 4.75. The molecule has 0 amide bonds. The Labute approximate surface area is 98.1 Å². The van der Waals surface area contributed by atoms with E-state index >= 15 is 0 Å². The van der Waals surface area contributed by atoms with Crippen LogP contribution in [0.3, 0.4) is 0 Å². The Hall–Kier alpha value is -0.890. The normalized spacial score (nSPS) is 11.1. The van der Waals surface area contributed by atoms with Gasteiger partial charge in [-0.25, -0.2) is 4.39 Å². The molecule has 0 fully saturated rings. The maximum atomic E-state index is 13.0. The number of benzene rings is 1. The van der Waals surface area contributed by atoms with Crippen molar-refractivity contribution in [3.63, 3.8) is 0 Å². The Morgan fingerprint density at radius 2 is 2.06 bits per heavy atom. The number of hydrogen-bond acceptors (Lipinski definition) is 1. The molecule has 0 radical (unpaired) electrons. The molecule has 0 unspecified atom stereocenters. The van der Waals surface area contributed by atoms with Crippen LogP contribution in [0.25, 0.3) is 0 Å². The Morgan fingerprint density at radius 1 is 1.31 bits per heavy atom. The standard InChI is InChI=1S/C14H22FN/c1-11(2)10-16-8-4-5-13-9-14(15)7-6-12(13)3/h6-7,9,11,16H,4-5,8,10H2,1-3H3. The molecule has 0 aliphatic rings. The molecule has 0 heterocycles. The van der Waals surface area contributed by atoms with Crippen LogP contribution in [0.2, 0.25) is 0 Å². The summed E-state index contributed by atoms with van der Waals surface area (Å²) in [6.07, 6.45) is 2.02. The van der Waals surface area contributed by atoms with Crippen LogP contribution in [-0.4, -0.2) is 13.1 Å². The first kappa shape index (κ1) is 13.2. The van der Waals surface area contributed by atoms with E-state index in [0.29, 0.717) is 5.92 Å². The summed E-state index contributed by atoms with van der Waals surface area (Å²) in [6.45, 7) is 8.50. The minimum absolute atomic E-state index is 0.129. The highest BCUT2D eigenvalue weighted by molar-refractivity contribution is 5.26. The van der Waals surface area contributed by atoms with Crippen LogP contribution in [0.1, 0.15) is 31.4 Å². The zero-order valence-electron chi connectivity index (χ0n) is 10.5. The molecule has 0 bridgehead atoms. The van der Waals surface area contributed by atoms with Crippen LogP contribution in [-0.2, 0) is 6.42 Å². The van der Waals surface area contributed by atoms with Gasteiger partial charge >= 0.3 is 0 Å². The number of nitrogens with one attached hydrogen (secondary N) is 1. The summed E-state index contributed by atoms with van der Waals surface area (Å²) in [5.41, 5.74) is 2.32. The molecule has 1 N–H and O–H groups in total. The Balaban J connectivity index is 2.29. The summed E-state index contributed by atoms with van der Waals surface area (Å²) >= 11 is 0. The molecule has 0 aliphatic heterocycles. The van der Waals surface area contributed by atoms with Crippen molar-refractivity contribution >= 4 is 0 Å². The lowest BCUT2D eigenvalue weighted by Crippen LogP contribution is -2.21. The number of rotatable bonds is 6. The molecule has 1 nitrogen and oxygen atoms in total. The van der Waals surface area contributed by atoms with E-state index < -0.39 is 0 Å². The fourth-order valence-corrected chi connectivity index (χ4v) is 1.70. The Bertz CT molecular complexity index is 321. The lowest BCUT2D eigenvalue weighted by atomic mass is 10.0. The van der Waals surface area contributed by atoms with Gasteiger partial charge in [0.25, 0.3) is 0 Å². The molecule has 1 rings (SSSR count). The average Bonchev–Trinajstić information content (AvgIpc) is 2.22. The maximum Gasteiger partial charge on any atom is 0.123 e. The predicted octanol–water partition coefficient (Wildman–Crippen LogP) is 3.31. The first-order valence-electron chi connectivity index (χ1n) is 6.05. The summed E-state index contributed by atoms with van der Waals surface area (Å²) < 4.78 is 13.0. The van der Waals surface area contributed by atoms with E-state index in [4.69, 9.17) is 0 Å². The summed E-state index contributed by atoms with van der Waals surface area (Å²) in [6, 6.07) is 5.03. The van der Waals surface area contributed by atoms with Gasteiger partial charge < -0.3 is 5.32 Å². The summed E-state index contributed by atoms with van der Waals surface area (Å²) in [5.74, 6) is 0.562. The SMILES string of the molecule is Cc1ccc(F)cc1CCCNCC(C)C. The second-order valence-corrected chi connectivity index (χ2v) is 4.77. The van der Waals surface area contributed by atoms with E-state index in [9.17, 15) is 4.39 Å². The lowest BCUT2D eigenvalue weighted by molar-refractivity contribution is 0.542. The van der Waals surface area contributed by atoms with Gasteiger partial charge in [0.1, 0.15) is 5.82 Å². The van der Waals surface area contributed by atoms with Crippen molar-refractivity contribution in [2.75, 3.05) is 13.1 Å². The van der Waals surface area contributed by atoms with E-state index in [1.165, 1.54) is 11.6 Å². The smallest absolute Gasteiger partial charge is 0.123 e.